The Morgan fingerprint density at radius 3 is 2.16 bits per heavy atom. The Balaban J connectivity index is 4.94. The lowest BCUT2D eigenvalue weighted by atomic mass is 9.95. The van der Waals surface area contributed by atoms with E-state index in [4.69, 9.17) is 9.47 Å². The van der Waals surface area contributed by atoms with E-state index < -0.39 is 29.8 Å². The molecule has 0 heterocycles. The van der Waals surface area contributed by atoms with Crippen molar-refractivity contribution in [3.63, 3.8) is 0 Å². The molecule has 0 aromatic carbocycles. The fourth-order valence-corrected chi connectivity index (χ4v) is 1.59. The van der Waals surface area contributed by atoms with Crippen molar-refractivity contribution >= 4 is 12.1 Å². The first-order chi connectivity index (χ1) is 8.70. The molecule has 0 fully saturated rings. The third kappa shape index (κ3) is 5.92. The standard InChI is InChI=1S/C13H25NO5/c1-6-8-13(9-15,10(16)18-7-2)14-11(17)19-12(3,4)5/h15H,6-9H2,1-5H3,(H,14,17). The Hall–Kier alpha value is -1.30. The summed E-state index contributed by atoms with van der Waals surface area (Å²) in [6.45, 7) is 8.32. The van der Waals surface area contributed by atoms with Gasteiger partial charge in [-0.2, -0.15) is 0 Å². The van der Waals surface area contributed by atoms with Gasteiger partial charge < -0.3 is 19.9 Å². The predicted molar refractivity (Wildman–Crippen MR) is 70.7 cm³/mol. The van der Waals surface area contributed by atoms with Crippen LogP contribution in [0.25, 0.3) is 0 Å². The monoisotopic (exact) mass is 275 g/mol. The lowest BCUT2D eigenvalue weighted by molar-refractivity contribution is -0.153. The van der Waals surface area contributed by atoms with Gasteiger partial charge in [0.1, 0.15) is 5.60 Å². The number of aliphatic hydroxyl groups excluding tert-OH is 1. The quantitative estimate of drug-likeness (QED) is 0.719. The summed E-state index contributed by atoms with van der Waals surface area (Å²) in [7, 11) is 0. The van der Waals surface area contributed by atoms with Gasteiger partial charge in [-0.1, -0.05) is 13.3 Å². The Morgan fingerprint density at radius 1 is 1.21 bits per heavy atom. The van der Waals surface area contributed by atoms with E-state index in [9.17, 15) is 14.7 Å². The van der Waals surface area contributed by atoms with E-state index in [2.05, 4.69) is 5.32 Å². The average Bonchev–Trinajstić information content (AvgIpc) is 2.26. The van der Waals surface area contributed by atoms with E-state index in [1.54, 1.807) is 27.7 Å². The van der Waals surface area contributed by atoms with Gasteiger partial charge in [0, 0.05) is 0 Å². The summed E-state index contributed by atoms with van der Waals surface area (Å²) in [4.78, 5) is 23.7. The molecule has 2 N–H and O–H groups in total. The number of hydrogen-bond acceptors (Lipinski definition) is 5. The lowest BCUT2D eigenvalue weighted by Gasteiger charge is -2.31. The number of nitrogens with one attached hydrogen (secondary N) is 1. The Kier molecular flexibility index (Phi) is 6.83. The van der Waals surface area contributed by atoms with Crippen LogP contribution in [0.3, 0.4) is 0 Å². The van der Waals surface area contributed by atoms with Crippen LogP contribution in [0.1, 0.15) is 47.5 Å². The Morgan fingerprint density at radius 2 is 1.79 bits per heavy atom. The van der Waals surface area contributed by atoms with E-state index in [0.29, 0.717) is 6.42 Å². The fourth-order valence-electron chi connectivity index (χ4n) is 1.59. The number of alkyl carbamates (subject to hydrolysis) is 1. The van der Waals surface area contributed by atoms with Crippen molar-refractivity contribution in [2.45, 2.75) is 58.6 Å². The molecule has 0 bridgehead atoms. The van der Waals surface area contributed by atoms with Crippen molar-refractivity contribution in [1.29, 1.82) is 0 Å². The minimum Gasteiger partial charge on any atom is -0.464 e. The molecule has 0 aliphatic carbocycles. The Bertz CT molecular complexity index is 311. The molecule has 0 aliphatic heterocycles. The second kappa shape index (κ2) is 7.33. The smallest absolute Gasteiger partial charge is 0.408 e. The van der Waals surface area contributed by atoms with Crippen molar-refractivity contribution in [2.75, 3.05) is 13.2 Å². The molecule has 0 aliphatic rings. The van der Waals surface area contributed by atoms with Crippen LogP contribution in [0.2, 0.25) is 0 Å². The molecule has 0 radical (unpaired) electrons. The van der Waals surface area contributed by atoms with Crippen molar-refractivity contribution < 1.29 is 24.2 Å². The zero-order valence-corrected chi connectivity index (χ0v) is 12.4. The molecule has 1 amide bonds. The first-order valence-corrected chi connectivity index (χ1v) is 6.50. The molecule has 19 heavy (non-hydrogen) atoms. The van der Waals surface area contributed by atoms with Gasteiger partial charge in [-0.15, -0.1) is 0 Å². The molecular formula is C13H25NO5. The lowest BCUT2D eigenvalue weighted by Crippen LogP contribution is -2.58. The van der Waals surface area contributed by atoms with Crippen molar-refractivity contribution in [3.05, 3.63) is 0 Å². The van der Waals surface area contributed by atoms with Gasteiger partial charge in [-0.25, -0.2) is 9.59 Å². The van der Waals surface area contributed by atoms with E-state index in [0.717, 1.165) is 0 Å². The SMILES string of the molecule is CCCC(CO)(NC(=O)OC(C)(C)C)C(=O)OCC. The molecule has 0 aromatic heterocycles. The molecule has 6 heteroatoms. The summed E-state index contributed by atoms with van der Waals surface area (Å²) in [6.07, 6.45) is 0.138. The molecule has 1 atom stereocenters. The van der Waals surface area contributed by atoms with Crippen molar-refractivity contribution in [1.82, 2.24) is 5.32 Å². The minimum absolute atomic E-state index is 0.181. The molecule has 0 aromatic rings. The fraction of sp³-hybridized carbons (Fsp3) is 0.846. The summed E-state index contributed by atoms with van der Waals surface area (Å²) >= 11 is 0. The third-order valence-corrected chi connectivity index (χ3v) is 2.35. The highest BCUT2D eigenvalue weighted by Crippen LogP contribution is 2.17. The van der Waals surface area contributed by atoms with Gasteiger partial charge >= 0.3 is 12.1 Å². The summed E-state index contributed by atoms with van der Waals surface area (Å²) in [5.74, 6) is -0.648. The van der Waals surface area contributed by atoms with E-state index in [-0.39, 0.29) is 13.0 Å². The predicted octanol–water partition coefficient (Wildman–Crippen LogP) is 1.61. The van der Waals surface area contributed by atoms with Gasteiger partial charge in [0.2, 0.25) is 0 Å². The summed E-state index contributed by atoms with van der Waals surface area (Å²) < 4.78 is 10.0. The second-order valence-corrected chi connectivity index (χ2v) is 5.34. The number of carbonyl (C=O) groups is 2. The van der Waals surface area contributed by atoms with Crippen LogP contribution < -0.4 is 5.32 Å². The van der Waals surface area contributed by atoms with Crippen LogP contribution in [0.4, 0.5) is 4.79 Å². The van der Waals surface area contributed by atoms with E-state index in [1.807, 2.05) is 6.92 Å². The highest BCUT2D eigenvalue weighted by Gasteiger charge is 2.41. The average molecular weight is 275 g/mol. The minimum atomic E-state index is -1.44. The summed E-state index contributed by atoms with van der Waals surface area (Å²) in [5, 5.41) is 11.9. The normalized spacial score (nSPS) is 14.4. The molecule has 0 rings (SSSR count). The Labute approximate surface area is 114 Å². The van der Waals surface area contributed by atoms with Gasteiger partial charge in [0.05, 0.1) is 13.2 Å². The number of rotatable bonds is 6. The molecular weight excluding hydrogens is 250 g/mol. The highest BCUT2D eigenvalue weighted by molar-refractivity contribution is 5.86. The molecule has 112 valence electrons. The van der Waals surface area contributed by atoms with Gasteiger partial charge in [0.25, 0.3) is 0 Å². The number of hydrogen-bond donors (Lipinski definition) is 2. The van der Waals surface area contributed by atoms with Crippen LogP contribution in [-0.4, -0.2) is 41.5 Å². The largest absolute Gasteiger partial charge is 0.464 e. The topological polar surface area (TPSA) is 84.9 Å². The summed E-state index contributed by atoms with van der Waals surface area (Å²) in [6, 6.07) is 0. The number of ether oxygens (including phenoxy) is 2. The molecule has 6 nitrogen and oxygen atoms in total. The molecule has 0 spiro atoms. The van der Waals surface area contributed by atoms with Gasteiger partial charge in [-0.05, 0) is 34.1 Å². The maximum atomic E-state index is 11.9. The van der Waals surface area contributed by atoms with Gasteiger partial charge in [0.15, 0.2) is 5.54 Å². The summed E-state index contributed by atoms with van der Waals surface area (Å²) in [5.41, 5.74) is -2.11. The van der Waals surface area contributed by atoms with Crippen LogP contribution in [0, 0.1) is 0 Å². The van der Waals surface area contributed by atoms with Crippen LogP contribution in [0.15, 0.2) is 0 Å². The van der Waals surface area contributed by atoms with Crippen molar-refractivity contribution in [3.8, 4) is 0 Å². The van der Waals surface area contributed by atoms with Crippen molar-refractivity contribution in [2.24, 2.45) is 0 Å². The van der Waals surface area contributed by atoms with Gasteiger partial charge in [-0.3, -0.25) is 0 Å². The maximum absolute atomic E-state index is 11.9. The number of esters is 1. The number of aliphatic hydroxyl groups is 1. The first kappa shape index (κ1) is 17.7. The zero-order valence-electron chi connectivity index (χ0n) is 12.4. The second-order valence-electron chi connectivity index (χ2n) is 5.34. The molecule has 1 unspecified atom stereocenters. The zero-order chi connectivity index (χ0) is 15.1. The first-order valence-electron chi connectivity index (χ1n) is 6.50. The van der Waals surface area contributed by atoms with E-state index in [1.165, 1.54) is 0 Å². The van der Waals surface area contributed by atoms with Crippen LogP contribution in [0.5, 0.6) is 0 Å². The highest BCUT2D eigenvalue weighted by atomic mass is 16.6. The maximum Gasteiger partial charge on any atom is 0.408 e. The molecule has 0 saturated heterocycles. The number of amides is 1. The van der Waals surface area contributed by atoms with Crippen LogP contribution >= 0.6 is 0 Å². The molecule has 0 saturated carbocycles. The van der Waals surface area contributed by atoms with Crippen LogP contribution in [-0.2, 0) is 14.3 Å². The number of carbonyl (C=O) groups excluding carboxylic acids is 2. The third-order valence-electron chi connectivity index (χ3n) is 2.35. The van der Waals surface area contributed by atoms with E-state index >= 15 is 0 Å².